The van der Waals surface area contributed by atoms with E-state index in [1.807, 2.05) is 0 Å². The van der Waals surface area contributed by atoms with E-state index in [1.165, 1.54) is 44.4 Å². The summed E-state index contributed by atoms with van der Waals surface area (Å²) in [5.41, 5.74) is 0.543. The zero-order chi connectivity index (χ0) is 19.3. The Morgan fingerprint density at radius 1 is 1.08 bits per heavy atom. The topological polar surface area (TPSA) is 92.8 Å². The molecule has 0 fully saturated rings. The van der Waals surface area contributed by atoms with Gasteiger partial charge in [-0.15, -0.1) is 0 Å². The highest BCUT2D eigenvalue weighted by Crippen LogP contribution is 2.17. The number of hydrogen-bond acceptors (Lipinski definition) is 5. The fourth-order valence-corrected chi connectivity index (χ4v) is 3.07. The quantitative estimate of drug-likeness (QED) is 0.757. The van der Waals surface area contributed by atoms with Gasteiger partial charge in [0, 0.05) is 19.8 Å². The Labute approximate surface area is 156 Å². The average molecular weight is 397 g/mol. The van der Waals surface area contributed by atoms with Crippen molar-refractivity contribution in [3.8, 4) is 0 Å². The van der Waals surface area contributed by atoms with Crippen LogP contribution in [0, 0.1) is 0 Å². The van der Waals surface area contributed by atoms with Gasteiger partial charge in [0.25, 0.3) is 5.91 Å². The molecule has 2 aromatic carbocycles. The minimum Gasteiger partial charge on any atom is -0.452 e. The molecule has 26 heavy (non-hydrogen) atoms. The second kappa shape index (κ2) is 8.31. The molecule has 0 spiro atoms. The van der Waals surface area contributed by atoms with Crippen molar-refractivity contribution in [1.82, 2.24) is 4.31 Å². The number of ether oxygens (including phenoxy) is 1. The van der Waals surface area contributed by atoms with E-state index < -0.39 is 28.5 Å². The molecule has 0 aliphatic rings. The molecule has 7 nitrogen and oxygen atoms in total. The lowest BCUT2D eigenvalue weighted by Crippen LogP contribution is -2.22. The fourth-order valence-electron chi connectivity index (χ4n) is 1.95. The lowest BCUT2D eigenvalue weighted by molar-refractivity contribution is -0.119. The van der Waals surface area contributed by atoms with E-state index in [4.69, 9.17) is 16.3 Å². The number of nitrogens with one attached hydrogen (secondary N) is 1. The molecule has 0 aromatic heterocycles. The van der Waals surface area contributed by atoms with Crippen LogP contribution in [0.15, 0.2) is 53.4 Å². The fraction of sp³-hybridized carbons (Fsp3) is 0.176. The maximum atomic E-state index is 12.0. The zero-order valence-electron chi connectivity index (χ0n) is 14.1. The van der Waals surface area contributed by atoms with Gasteiger partial charge in [0.15, 0.2) is 6.61 Å². The normalized spacial score (nSPS) is 11.2. The number of sulfonamides is 1. The molecule has 0 saturated heterocycles. The molecule has 0 bridgehead atoms. The molecular weight excluding hydrogens is 380 g/mol. The number of nitrogens with zero attached hydrogens (tertiary/aromatic N) is 1. The zero-order valence-corrected chi connectivity index (χ0v) is 15.7. The molecule has 0 aliphatic heterocycles. The highest BCUT2D eigenvalue weighted by Gasteiger charge is 2.17. The summed E-state index contributed by atoms with van der Waals surface area (Å²) in [7, 11) is -0.682. The van der Waals surface area contributed by atoms with Gasteiger partial charge in [0.05, 0.1) is 15.5 Å². The smallest absolute Gasteiger partial charge is 0.340 e. The molecule has 9 heteroatoms. The molecule has 0 unspecified atom stereocenters. The van der Waals surface area contributed by atoms with Gasteiger partial charge in [-0.1, -0.05) is 23.7 Å². The van der Waals surface area contributed by atoms with Gasteiger partial charge in [-0.3, -0.25) is 4.79 Å². The van der Waals surface area contributed by atoms with Crippen molar-refractivity contribution in [3.63, 3.8) is 0 Å². The lowest BCUT2D eigenvalue weighted by Gasteiger charge is -2.12. The van der Waals surface area contributed by atoms with Gasteiger partial charge in [-0.25, -0.2) is 17.5 Å². The Balaban J connectivity index is 1.94. The molecule has 0 saturated carbocycles. The number of esters is 1. The Hall–Kier alpha value is -2.42. The minimum atomic E-state index is -3.54. The third-order valence-electron chi connectivity index (χ3n) is 3.34. The van der Waals surface area contributed by atoms with E-state index in [1.54, 1.807) is 18.2 Å². The van der Waals surface area contributed by atoms with Crippen molar-refractivity contribution < 1.29 is 22.7 Å². The maximum absolute atomic E-state index is 12.0. The van der Waals surface area contributed by atoms with Gasteiger partial charge < -0.3 is 10.1 Å². The van der Waals surface area contributed by atoms with Gasteiger partial charge in [-0.2, -0.15) is 0 Å². The number of halogens is 1. The van der Waals surface area contributed by atoms with Crippen molar-refractivity contribution >= 4 is 39.2 Å². The van der Waals surface area contributed by atoms with Gasteiger partial charge in [-0.05, 0) is 36.4 Å². The van der Waals surface area contributed by atoms with Gasteiger partial charge in [0.2, 0.25) is 10.0 Å². The average Bonchev–Trinajstić information content (AvgIpc) is 2.60. The number of carbonyl (C=O) groups is 2. The predicted molar refractivity (Wildman–Crippen MR) is 97.7 cm³/mol. The van der Waals surface area contributed by atoms with E-state index in [9.17, 15) is 18.0 Å². The number of rotatable bonds is 6. The van der Waals surface area contributed by atoms with Crippen LogP contribution < -0.4 is 5.32 Å². The van der Waals surface area contributed by atoms with Crippen LogP contribution in [0.3, 0.4) is 0 Å². The highest BCUT2D eigenvalue weighted by atomic mass is 35.5. The standard InChI is InChI=1S/C17H17ClN2O5S/c1-20(2)26(23,24)13-9-7-12(8-10-13)19-16(21)11-25-17(22)14-5-3-4-6-15(14)18/h3-10H,11H2,1-2H3,(H,19,21). The molecule has 0 heterocycles. The Kier molecular flexibility index (Phi) is 6.36. The van der Waals surface area contributed by atoms with Crippen LogP contribution >= 0.6 is 11.6 Å². The summed E-state index contributed by atoms with van der Waals surface area (Å²) in [5, 5.41) is 2.75. The Morgan fingerprint density at radius 2 is 1.69 bits per heavy atom. The minimum absolute atomic E-state index is 0.102. The van der Waals surface area contributed by atoms with Crippen LogP contribution in [0.1, 0.15) is 10.4 Å². The van der Waals surface area contributed by atoms with Crippen molar-refractivity contribution in [2.75, 3.05) is 26.0 Å². The Bertz CT molecular complexity index is 911. The van der Waals surface area contributed by atoms with Gasteiger partial charge >= 0.3 is 5.97 Å². The second-order valence-corrected chi connectivity index (χ2v) is 7.97. The van der Waals surface area contributed by atoms with Crippen molar-refractivity contribution in [2.45, 2.75) is 4.90 Å². The van der Waals surface area contributed by atoms with Crippen LogP contribution in [-0.2, 0) is 19.6 Å². The molecule has 138 valence electrons. The monoisotopic (exact) mass is 396 g/mol. The van der Waals surface area contributed by atoms with Gasteiger partial charge in [0.1, 0.15) is 0 Å². The largest absolute Gasteiger partial charge is 0.452 e. The first-order valence-electron chi connectivity index (χ1n) is 7.46. The highest BCUT2D eigenvalue weighted by molar-refractivity contribution is 7.89. The van der Waals surface area contributed by atoms with Crippen LogP contribution in [0.2, 0.25) is 5.02 Å². The molecule has 0 atom stereocenters. The third-order valence-corrected chi connectivity index (χ3v) is 5.50. The van der Waals surface area contributed by atoms with E-state index in [-0.39, 0.29) is 15.5 Å². The summed E-state index contributed by atoms with van der Waals surface area (Å²) in [6.07, 6.45) is 0. The van der Waals surface area contributed by atoms with Crippen LogP contribution in [0.25, 0.3) is 0 Å². The van der Waals surface area contributed by atoms with E-state index in [0.717, 1.165) is 4.31 Å². The summed E-state index contributed by atoms with van der Waals surface area (Å²) >= 11 is 5.88. The molecular formula is C17H17ClN2O5S. The summed E-state index contributed by atoms with van der Waals surface area (Å²) < 4.78 is 30.0. The number of carbonyl (C=O) groups excluding carboxylic acids is 2. The number of benzene rings is 2. The first-order chi connectivity index (χ1) is 12.2. The summed E-state index contributed by atoms with van der Waals surface area (Å²) in [5.74, 6) is -1.27. The molecule has 1 N–H and O–H groups in total. The predicted octanol–water partition coefficient (Wildman–Crippen LogP) is 2.39. The first kappa shape index (κ1) is 19.9. The number of anilines is 1. The van der Waals surface area contributed by atoms with Crippen LogP contribution in [0.4, 0.5) is 5.69 Å². The summed E-state index contributed by atoms with van der Waals surface area (Å²) in [4.78, 5) is 23.9. The number of hydrogen-bond donors (Lipinski definition) is 1. The molecule has 0 radical (unpaired) electrons. The maximum Gasteiger partial charge on any atom is 0.340 e. The van der Waals surface area contributed by atoms with E-state index in [2.05, 4.69) is 5.32 Å². The summed E-state index contributed by atoms with van der Waals surface area (Å²) in [6.45, 7) is -0.498. The van der Waals surface area contributed by atoms with Crippen LogP contribution in [0.5, 0.6) is 0 Å². The van der Waals surface area contributed by atoms with Crippen molar-refractivity contribution in [2.24, 2.45) is 0 Å². The van der Waals surface area contributed by atoms with Crippen LogP contribution in [-0.4, -0.2) is 45.3 Å². The second-order valence-electron chi connectivity index (χ2n) is 5.42. The SMILES string of the molecule is CN(C)S(=O)(=O)c1ccc(NC(=O)COC(=O)c2ccccc2Cl)cc1. The van der Waals surface area contributed by atoms with E-state index in [0.29, 0.717) is 5.69 Å². The Morgan fingerprint density at radius 3 is 2.27 bits per heavy atom. The lowest BCUT2D eigenvalue weighted by atomic mass is 10.2. The summed E-state index contributed by atoms with van der Waals surface area (Å²) in [6, 6.07) is 12.0. The van der Waals surface area contributed by atoms with E-state index >= 15 is 0 Å². The van der Waals surface area contributed by atoms with Crippen molar-refractivity contribution in [1.29, 1.82) is 0 Å². The molecule has 2 rings (SSSR count). The number of amides is 1. The molecule has 1 amide bonds. The molecule has 0 aliphatic carbocycles. The van der Waals surface area contributed by atoms with Crippen molar-refractivity contribution in [3.05, 3.63) is 59.1 Å². The third kappa shape index (κ3) is 4.81. The first-order valence-corrected chi connectivity index (χ1v) is 9.27. The molecule has 2 aromatic rings.